The Bertz CT molecular complexity index is 945. The highest BCUT2D eigenvalue weighted by atomic mass is 35.5. The molecule has 2 rings (SSSR count). The molecule has 2 aromatic rings. The highest BCUT2D eigenvalue weighted by molar-refractivity contribution is 6.31. The molecule has 0 radical (unpaired) electrons. The van der Waals surface area contributed by atoms with Crippen molar-refractivity contribution in [2.24, 2.45) is 0 Å². The molecule has 0 saturated carbocycles. The molecule has 7 nitrogen and oxygen atoms in total. The first-order valence-electron chi connectivity index (χ1n) is 9.68. The van der Waals surface area contributed by atoms with Crippen molar-refractivity contribution in [3.8, 4) is 0 Å². The summed E-state index contributed by atoms with van der Waals surface area (Å²) in [5.41, 5.74) is -0.439. The Labute approximate surface area is 179 Å². The number of rotatable bonds is 9. The fraction of sp³-hybridized carbons (Fsp3) is 0.429. The molecule has 30 heavy (non-hydrogen) atoms. The van der Waals surface area contributed by atoms with Crippen molar-refractivity contribution in [2.75, 3.05) is 13.3 Å². The molecule has 0 spiro atoms. The van der Waals surface area contributed by atoms with Crippen molar-refractivity contribution in [2.45, 2.75) is 46.2 Å². The lowest BCUT2D eigenvalue weighted by molar-refractivity contribution is -0.146. The fourth-order valence-electron chi connectivity index (χ4n) is 2.55. The molecule has 1 atom stereocenters. The lowest BCUT2D eigenvalue weighted by Gasteiger charge is -2.16. The number of benzene rings is 1. The van der Waals surface area contributed by atoms with Gasteiger partial charge in [0, 0.05) is 16.6 Å². The second-order valence-corrected chi connectivity index (χ2v) is 6.56. The Morgan fingerprint density at radius 3 is 2.57 bits per heavy atom. The molecule has 0 aliphatic heterocycles. The third kappa shape index (κ3) is 7.26. The molecular formula is C21H26ClFN2O5. The number of ether oxygens (including phenoxy) is 1. The van der Waals surface area contributed by atoms with Gasteiger partial charge in [0.15, 0.2) is 5.78 Å². The van der Waals surface area contributed by atoms with Crippen molar-refractivity contribution in [3.63, 3.8) is 0 Å². The lowest BCUT2D eigenvalue weighted by atomic mass is 10.1. The summed E-state index contributed by atoms with van der Waals surface area (Å²) in [6.07, 6.45) is 1.55. The zero-order valence-corrected chi connectivity index (χ0v) is 18.0. The Morgan fingerprint density at radius 1 is 1.23 bits per heavy atom. The summed E-state index contributed by atoms with van der Waals surface area (Å²) in [5.74, 6) is -2.37. The standard InChI is InChI=1S/C19H20ClFN2O5.C2H6/c1-2-7-28-18(26)9-15(16(24)10-21)22-17(25)11-23-6-5-12-3-4-13(20)8-14(12)19(23)27;1-2/h3-6,8,15H,2,7,9-11H2,1H3,(H,22,25);1-2H3. The van der Waals surface area contributed by atoms with E-state index in [1.807, 2.05) is 13.8 Å². The van der Waals surface area contributed by atoms with E-state index in [1.54, 1.807) is 25.1 Å². The number of ketones is 1. The van der Waals surface area contributed by atoms with Crippen LogP contribution in [0, 0.1) is 0 Å². The third-order valence-corrected chi connectivity index (χ3v) is 4.18. The van der Waals surface area contributed by atoms with Crippen molar-refractivity contribution in [1.82, 2.24) is 9.88 Å². The molecule has 0 fully saturated rings. The SMILES string of the molecule is CC.CCCOC(=O)CC(NC(=O)Cn1ccc2ccc(Cl)cc2c1=O)C(=O)CF. The first kappa shape index (κ1) is 25.3. The Morgan fingerprint density at radius 2 is 1.93 bits per heavy atom. The van der Waals surface area contributed by atoms with E-state index < -0.39 is 48.9 Å². The maximum Gasteiger partial charge on any atom is 0.308 e. The second-order valence-electron chi connectivity index (χ2n) is 6.13. The van der Waals surface area contributed by atoms with Crippen molar-refractivity contribution in [1.29, 1.82) is 0 Å². The molecule has 1 N–H and O–H groups in total. The van der Waals surface area contributed by atoms with Gasteiger partial charge in [-0.05, 0) is 30.0 Å². The molecule has 0 bridgehead atoms. The predicted molar refractivity (Wildman–Crippen MR) is 113 cm³/mol. The van der Waals surface area contributed by atoms with E-state index in [0.29, 0.717) is 22.2 Å². The summed E-state index contributed by atoms with van der Waals surface area (Å²) in [7, 11) is 0. The summed E-state index contributed by atoms with van der Waals surface area (Å²) in [6, 6.07) is 5.11. The zero-order chi connectivity index (χ0) is 22.7. The number of amides is 1. The van der Waals surface area contributed by atoms with E-state index in [2.05, 4.69) is 5.32 Å². The minimum absolute atomic E-state index is 0.165. The number of nitrogens with one attached hydrogen (secondary N) is 1. The first-order chi connectivity index (χ1) is 14.3. The predicted octanol–water partition coefficient (Wildman–Crippen LogP) is 3.05. The fourth-order valence-corrected chi connectivity index (χ4v) is 2.72. The summed E-state index contributed by atoms with van der Waals surface area (Å²) in [6.45, 7) is 4.23. The van der Waals surface area contributed by atoms with Gasteiger partial charge in [0.1, 0.15) is 19.3 Å². The average Bonchev–Trinajstić information content (AvgIpc) is 2.75. The van der Waals surface area contributed by atoms with Crippen LogP contribution in [0.3, 0.4) is 0 Å². The van der Waals surface area contributed by atoms with Gasteiger partial charge < -0.3 is 14.6 Å². The third-order valence-electron chi connectivity index (χ3n) is 3.95. The molecule has 0 saturated heterocycles. The van der Waals surface area contributed by atoms with Gasteiger partial charge >= 0.3 is 5.97 Å². The van der Waals surface area contributed by atoms with Gasteiger partial charge in [0.25, 0.3) is 5.56 Å². The quantitative estimate of drug-likeness (QED) is 0.605. The van der Waals surface area contributed by atoms with Crippen LogP contribution in [0.15, 0.2) is 35.3 Å². The number of fused-ring (bicyclic) bond motifs is 1. The smallest absolute Gasteiger partial charge is 0.308 e. The number of esters is 1. The molecule has 164 valence electrons. The van der Waals surface area contributed by atoms with Gasteiger partial charge in [-0.3, -0.25) is 19.2 Å². The van der Waals surface area contributed by atoms with Crippen LogP contribution in [-0.2, 0) is 25.7 Å². The normalized spacial score (nSPS) is 11.2. The van der Waals surface area contributed by atoms with Crippen LogP contribution < -0.4 is 10.9 Å². The second kappa shape index (κ2) is 12.7. The maximum atomic E-state index is 12.8. The highest BCUT2D eigenvalue weighted by Gasteiger charge is 2.24. The van der Waals surface area contributed by atoms with Gasteiger partial charge in [-0.2, -0.15) is 0 Å². The van der Waals surface area contributed by atoms with Gasteiger partial charge in [0.2, 0.25) is 5.91 Å². The number of Topliss-reactive ketones (excluding diaryl/α,β-unsaturated/α-hetero) is 1. The monoisotopic (exact) mass is 440 g/mol. The van der Waals surface area contributed by atoms with E-state index in [0.717, 1.165) is 4.57 Å². The molecule has 1 amide bonds. The average molecular weight is 441 g/mol. The number of carbonyl (C=O) groups is 3. The van der Waals surface area contributed by atoms with Crippen molar-refractivity contribution < 1.29 is 23.5 Å². The van der Waals surface area contributed by atoms with Crippen LogP contribution in [0.5, 0.6) is 0 Å². The van der Waals surface area contributed by atoms with Crippen LogP contribution in [0.4, 0.5) is 4.39 Å². The van der Waals surface area contributed by atoms with E-state index in [1.165, 1.54) is 12.3 Å². The molecule has 0 aliphatic rings. The number of hydrogen-bond acceptors (Lipinski definition) is 5. The summed E-state index contributed by atoms with van der Waals surface area (Å²) >= 11 is 5.91. The highest BCUT2D eigenvalue weighted by Crippen LogP contribution is 2.15. The van der Waals surface area contributed by atoms with E-state index in [4.69, 9.17) is 16.3 Å². The Balaban J connectivity index is 0.00000218. The largest absolute Gasteiger partial charge is 0.466 e. The minimum atomic E-state index is -1.35. The number of pyridine rings is 1. The maximum absolute atomic E-state index is 12.8. The molecule has 1 unspecified atom stereocenters. The Kier molecular flexibility index (Phi) is 10.7. The molecular weight excluding hydrogens is 415 g/mol. The van der Waals surface area contributed by atoms with Gasteiger partial charge in [-0.25, -0.2) is 4.39 Å². The lowest BCUT2D eigenvalue weighted by Crippen LogP contribution is -2.45. The minimum Gasteiger partial charge on any atom is -0.466 e. The van der Waals surface area contributed by atoms with Crippen molar-refractivity contribution in [3.05, 3.63) is 45.8 Å². The van der Waals surface area contributed by atoms with E-state index in [-0.39, 0.29) is 6.61 Å². The summed E-state index contributed by atoms with van der Waals surface area (Å²) < 4.78 is 18.8. The van der Waals surface area contributed by atoms with Crippen molar-refractivity contribution >= 4 is 40.0 Å². The number of halogens is 2. The number of hydrogen-bond donors (Lipinski definition) is 1. The number of aromatic nitrogens is 1. The summed E-state index contributed by atoms with van der Waals surface area (Å²) in [4.78, 5) is 48.2. The van der Waals surface area contributed by atoms with E-state index >= 15 is 0 Å². The molecule has 1 heterocycles. The zero-order valence-electron chi connectivity index (χ0n) is 17.2. The molecule has 1 aromatic heterocycles. The first-order valence-corrected chi connectivity index (χ1v) is 10.1. The van der Waals surface area contributed by atoms with Crippen LogP contribution in [0.2, 0.25) is 5.02 Å². The molecule has 1 aromatic carbocycles. The number of nitrogens with zero attached hydrogens (tertiary/aromatic N) is 1. The number of carbonyl (C=O) groups excluding carboxylic acids is 3. The van der Waals surface area contributed by atoms with Gasteiger partial charge in [0.05, 0.1) is 13.0 Å². The van der Waals surface area contributed by atoms with Gasteiger partial charge in [-0.1, -0.05) is 38.4 Å². The van der Waals surface area contributed by atoms with E-state index in [9.17, 15) is 23.6 Å². The number of alkyl halides is 1. The van der Waals surface area contributed by atoms with Crippen LogP contribution in [0.1, 0.15) is 33.6 Å². The molecule has 9 heteroatoms. The topological polar surface area (TPSA) is 94.5 Å². The summed E-state index contributed by atoms with van der Waals surface area (Å²) in [5, 5.41) is 3.67. The van der Waals surface area contributed by atoms with Crippen LogP contribution in [-0.4, -0.2) is 41.6 Å². The Hall–Kier alpha value is -2.74. The van der Waals surface area contributed by atoms with Crippen LogP contribution >= 0.6 is 11.6 Å². The molecule has 0 aliphatic carbocycles. The van der Waals surface area contributed by atoms with Crippen LogP contribution in [0.25, 0.3) is 10.8 Å². The van der Waals surface area contributed by atoms with Gasteiger partial charge in [-0.15, -0.1) is 0 Å².